The summed E-state index contributed by atoms with van der Waals surface area (Å²) in [5.74, 6) is 0.250. The van der Waals surface area contributed by atoms with Gasteiger partial charge in [-0.1, -0.05) is 33.1 Å². The molecule has 3 unspecified atom stereocenters. The number of hydrogen-bond acceptors (Lipinski definition) is 3. The van der Waals surface area contributed by atoms with Gasteiger partial charge in [0.2, 0.25) is 6.41 Å². The molecule has 0 spiro atoms. The van der Waals surface area contributed by atoms with E-state index in [1.807, 2.05) is 6.92 Å². The molecule has 19 heavy (non-hydrogen) atoms. The summed E-state index contributed by atoms with van der Waals surface area (Å²) in [6.45, 7) is 6.26. The molecule has 1 rings (SSSR count). The molecule has 0 aromatic rings. The van der Waals surface area contributed by atoms with Gasteiger partial charge in [0.15, 0.2) is 0 Å². The van der Waals surface area contributed by atoms with E-state index >= 15 is 0 Å². The molecule has 0 saturated heterocycles. The fourth-order valence-electron chi connectivity index (χ4n) is 3.18. The molecule has 0 N–H and O–H groups in total. The normalized spacial score (nSPS) is 24.6. The number of nitrogens with zero attached hydrogens (tertiary/aromatic N) is 1. The van der Waals surface area contributed by atoms with Crippen LogP contribution < -0.4 is 0 Å². The van der Waals surface area contributed by atoms with Gasteiger partial charge in [0.1, 0.15) is 6.04 Å². The molecule has 1 aliphatic rings. The zero-order valence-electron chi connectivity index (χ0n) is 12.4. The molecule has 4 heteroatoms. The van der Waals surface area contributed by atoms with Gasteiger partial charge in [-0.25, -0.2) is 4.79 Å². The molecule has 0 aliphatic heterocycles. The van der Waals surface area contributed by atoms with Crippen LogP contribution in [0.25, 0.3) is 0 Å². The summed E-state index contributed by atoms with van der Waals surface area (Å²) >= 11 is 0. The standard InChI is InChI=1S/C15H27NO3/c1-4-12-9-7-8-10-14(12)16(11-17)13(5-2)15(18)19-6-3/h11-14H,4-10H2,1-3H3. The van der Waals surface area contributed by atoms with Crippen molar-refractivity contribution in [1.82, 2.24) is 4.90 Å². The largest absolute Gasteiger partial charge is 0.464 e. The highest BCUT2D eigenvalue weighted by molar-refractivity contribution is 5.78. The van der Waals surface area contributed by atoms with Crippen LogP contribution in [0.2, 0.25) is 0 Å². The van der Waals surface area contributed by atoms with E-state index in [4.69, 9.17) is 4.74 Å². The maximum atomic E-state index is 12.0. The first kappa shape index (κ1) is 16.0. The highest BCUT2D eigenvalue weighted by atomic mass is 16.5. The van der Waals surface area contributed by atoms with Crippen molar-refractivity contribution in [1.29, 1.82) is 0 Å². The topological polar surface area (TPSA) is 46.6 Å². The third-order valence-electron chi connectivity index (χ3n) is 4.20. The molecule has 0 aromatic heterocycles. The van der Waals surface area contributed by atoms with E-state index in [1.54, 1.807) is 11.8 Å². The molecule has 0 aromatic carbocycles. The highest BCUT2D eigenvalue weighted by Gasteiger charge is 2.35. The summed E-state index contributed by atoms with van der Waals surface area (Å²) in [6.07, 6.45) is 7.07. The van der Waals surface area contributed by atoms with Crippen molar-refractivity contribution in [2.45, 2.75) is 71.4 Å². The lowest BCUT2D eigenvalue weighted by Crippen LogP contribution is -2.50. The number of esters is 1. The number of ether oxygens (including phenoxy) is 1. The van der Waals surface area contributed by atoms with E-state index in [-0.39, 0.29) is 12.0 Å². The van der Waals surface area contributed by atoms with E-state index in [0.29, 0.717) is 18.9 Å². The number of hydrogen-bond donors (Lipinski definition) is 0. The van der Waals surface area contributed by atoms with Crippen LogP contribution in [0.3, 0.4) is 0 Å². The Bertz CT molecular complexity index is 293. The minimum atomic E-state index is -0.422. The van der Waals surface area contributed by atoms with Gasteiger partial charge in [0.25, 0.3) is 0 Å². The summed E-state index contributed by atoms with van der Waals surface area (Å²) in [4.78, 5) is 25.2. The van der Waals surface area contributed by atoms with Crippen LogP contribution in [0.1, 0.15) is 59.3 Å². The molecule has 3 atom stereocenters. The summed E-state index contributed by atoms with van der Waals surface area (Å²) in [5.41, 5.74) is 0. The third kappa shape index (κ3) is 3.95. The summed E-state index contributed by atoms with van der Waals surface area (Å²) in [7, 11) is 0. The minimum absolute atomic E-state index is 0.200. The van der Waals surface area contributed by atoms with Crippen molar-refractivity contribution >= 4 is 12.4 Å². The average molecular weight is 269 g/mol. The highest BCUT2D eigenvalue weighted by Crippen LogP contribution is 2.31. The number of carbonyl (C=O) groups is 2. The van der Waals surface area contributed by atoms with Crippen LogP contribution in [0.4, 0.5) is 0 Å². The Morgan fingerprint density at radius 1 is 1.32 bits per heavy atom. The molecular formula is C15H27NO3. The number of carbonyl (C=O) groups excluding carboxylic acids is 2. The smallest absolute Gasteiger partial charge is 0.328 e. The Kier molecular flexibility index (Phi) is 6.89. The lowest BCUT2D eigenvalue weighted by Gasteiger charge is -2.40. The van der Waals surface area contributed by atoms with E-state index < -0.39 is 6.04 Å². The monoisotopic (exact) mass is 269 g/mol. The Hall–Kier alpha value is -1.06. The first-order valence-corrected chi connectivity index (χ1v) is 7.58. The van der Waals surface area contributed by atoms with Gasteiger partial charge in [-0.2, -0.15) is 0 Å². The predicted octanol–water partition coefficient (Wildman–Crippen LogP) is 2.76. The van der Waals surface area contributed by atoms with Crippen LogP contribution in [0, 0.1) is 5.92 Å². The van der Waals surface area contributed by atoms with Gasteiger partial charge >= 0.3 is 5.97 Å². The molecule has 0 radical (unpaired) electrons. The molecule has 0 heterocycles. The second-order valence-corrected chi connectivity index (χ2v) is 5.25. The molecular weight excluding hydrogens is 242 g/mol. The van der Waals surface area contributed by atoms with E-state index in [0.717, 1.165) is 32.1 Å². The quantitative estimate of drug-likeness (QED) is 0.527. The molecule has 1 aliphatic carbocycles. The van der Waals surface area contributed by atoms with Gasteiger partial charge in [-0.3, -0.25) is 4.79 Å². The van der Waals surface area contributed by atoms with Crippen LogP contribution in [0.5, 0.6) is 0 Å². The second kappa shape index (κ2) is 8.18. The maximum absolute atomic E-state index is 12.0. The van der Waals surface area contributed by atoms with E-state index in [2.05, 4.69) is 6.92 Å². The fourth-order valence-corrected chi connectivity index (χ4v) is 3.18. The molecule has 1 fully saturated rings. The van der Waals surface area contributed by atoms with Gasteiger partial charge in [-0.15, -0.1) is 0 Å². The van der Waals surface area contributed by atoms with Crippen molar-refractivity contribution in [2.75, 3.05) is 6.61 Å². The van der Waals surface area contributed by atoms with Gasteiger partial charge in [0.05, 0.1) is 6.61 Å². The predicted molar refractivity (Wildman–Crippen MR) is 74.7 cm³/mol. The van der Waals surface area contributed by atoms with Gasteiger partial charge in [-0.05, 0) is 32.1 Å². The van der Waals surface area contributed by atoms with Crippen LogP contribution in [-0.2, 0) is 14.3 Å². The molecule has 110 valence electrons. The zero-order valence-corrected chi connectivity index (χ0v) is 12.4. The molecule has 1 saturated carbocycles. The SMILES string of the molecule is CCOC(=O)C(CC)N(C=O)C1CCCCC1CC. The second-order valence-electron chi connectivity index (χ2n) is 5.25. The van der Waals surface area contributed by atoms with Crippen LogP contribution >= 0.6 is 0 Å². The Morgan fingerprint density at radius 2 is 2.00 bits per heavy atom. The lowest BCUT2D eigenvalue weighted by molar-refractivity contribution is -0.154. The first-order chi connectivity index (χ1) is 9.19. The van der Waals surface area contributed by atoms with Crippen LogP contribution in [0.15, 0.2) is 0 Å². The van der Waals surface area contributed by atoms with Crippen LogP contribution in [-0.4, -0.2) is 36.0 Å². The minimum Gasteiger partial charge on any atom is -0.464 e. The summed E-state index contributed by atoms with van der Waals surface area (Å²) < 4.78 is 5.10. The van der Waals surface area contributed by atoms with Crippen molar-refractivity contribution in [2.24, 2.45) is 5.92 Å². The molecule has 1 amide bonds. The molecule has 0 bridgehead atoms. The number of amides is 1. The zero-order chi connectivity index (χ0) is 14.3. The van der Waals surface area contributed by atoms with Gasteiger partial charge < -0.3 is 9.64 Å². The third-order valence-corrected chi connectivity index (χ3v) is 4.20. The summed E-state index contributed by atoms with van der Waals surface area (Å²) in [5, 5.41) is 0. The van der Waals surface area contributed by atoms with Gasteiger partial charge in [0, 0.05) is 6.04 Å². The molecule has 4 nitrogen and oxygen atoms in total. The Labute approximate surface area is 116 Å². The Morgan fingerprint density at radius 3 is 2.53 bits per heavy atom. The number of rotatable bonds is 7. The fraction of sp³-hybridized carbons (Fsp3) is 0.867. The van der Waals surface area contributed by atoms with Crippen molar-refractivity contribution in [3.63, 3.8) is 0 Å². The lowest BCUT2D eigenvalue weighted by atomic mass is 9.81. The van der Waals surface area contributed by atoms with Crippen molar-refractivity contribution < 1.29 is 14.3 Å². The van der Waals surface area contributed by atoms with Crippen molar-refractivity contribution in [3.8, 4) is 0 Å². The summed E-state index contributed by atoms with van der Waals surface area (Å²) in [6, 6.07) is -0.222. The first-order valence-electron chi connectivity index (χ1n) is 7.58. The van der Waals surface area contributed by atoms with E-state index in [9.17, 15) is 9.59 Å². The average Bonchev–Trinajstić information content (AvgIpc) is 2.44. The maximum Gasteiger partial charge on any atom is 0.328 e. The Balaban J connectivity index is 2.83. The van der Waals surface area contributed by atoms with Crippen molar-refractivity contribution in [3.05, 3.63) is 0 Å². The van der Waals surface area contributed by atoms with E-state index in [1.165, 1.54) is 6.42 Å².